The van der Waals surface area contributed by atoms with Crippen LogP contribution in [-0.4, -0.2) is 37.1 Å². The van der Waals surface area contributed by atoms with Crippen LogP contribution in [-0.2, 0) is 14.6 Å². The maximum absolute atomic E-state index is 13.1. The first kappa shape index (κ1) is 23.4. The SMILES string of the molecule is Cc1cc(C(=O)COC(=O)c2ccc3c(c2)S(=O)(=O)c2ccccc2C3=O)c(C)n1-c1ccccc1. The molecule has 7 nitrogen and oxygen atoms in total. The van der Waals surface area contributed by atoms with Crippen LogP contribution in [0.15, 0.2) is 88.7 Å². The molecule has 36 heavy (non-hydrogen) atoms. The molecular formula is C28H21NO6S. The Morgan fingerprint density at radius 3 is 2.25 bits per heavy atom. The van der Waals surface area contributed by atoms with Crippen molar-refractivity contribution >= 4 is 27.4 Å². The van der Waals surface area contributed by atoms with Crippen molar-refractivity contribution in [3.63, 3.8) is 0 Å². The number of fused-ring (bicyclic) bond motifs is 2. The van der Waals surface area contributed by atoms with Crippen LogP contribution < -0.4 is 0 Å². The van der Waals surface area contributed by atoms with Crippen LogP contribution in [0.3, 0.4) is 0 Å². The highest BCUT2D eigenvalue weighted by Crippen LogP contribution is 2.35. The second-order valence-electron chi connectivity index (χ2n) is 8.49. The third-order valence-corrected chi connectivity index (χ3v) is 8.10. The number of ether oxygens (including phenoxy) is 1. The predicted octanol–water partition coefficient (Wildman–Crippen LogP) is 4.51. The number of rotatable bonds is 5. The van der Waals surface area contributed by atoms with Gasteiger partial charge in [0.15, 0.2) is 12.4 Å². The van der Waals surface area contributed by atoms with Gasteiger partial charge in [0, 0.05) is 33.8 Å². The first-order valence-corrected chi connectivity index (χ1v) is 12.7. The average molecular weight is 500 g/mol. The molecule has 0 unspecified atom stereocenters. The first-order chi connectivity index (χ1) is 17.2. The van der Waals surface area contributed by atoms with Crippen LogP contribution in [0.2, 0.25) is 0 Å². The summed E-state index contributed by atoms with van der Waals surface area (Å²) < 4.78 is 33.4. The lowest BCUT2D eigenvalue weighted by atomic mass is 10.0. The van der Waals surface area contributed by atoms with Crippen molar-refractivity contribution in [3.8, 4) is 5.69 Å². The highest BCUT2D eigenvalue weighted by atomic mass is 32.2. The van der Waals surface area contributed by atoms with Crippen molar-refractivity contribution in [2.75, 3.05) is 6.61 Å². The molecule has 0 saturated heterocycles. The van der Waals surface area contributed by atoms with E-state index in [4.69, 9.17) is 4.74 Å². The molecule has 5 rings (SSSR count). The molecule has 0 radical (unpaired) electrons. The van der Waals surface area contributed by atoms with Gasteiger partial charge in [-0.2, -0.15) is 0 Å². The topological polar surface area (TPSA) is 99.5 Å². The smallest absolute Gasteiger partial charge is 0.338 e. The number of sulfone groups is 1. The molecule has 0 saturated carbocycles. The van der Waals surface area contributed by atoms with Crippen molar-refractivity contribution in [2.45, 2.75) is 23.6 Å². The summed E-state index contributed by atoms with van der Waals surface area (Å²) in [5.74, 6) is -1.67. The Morgan fingerprint density at radius 1 is 0.833 bits per heavy atom. The van der Waals surface area contributed by atoms with Gasteiger partial charge >= 0.3 is 5.97 Å². The van der Waals surface area contributed by atoms with Crippen molar-refractivity contribution in [2.24, 2.45) is 0 Å². The largest absolute Gasteiger partial charge is 0.454 e. The molecule has 0 aliphatic carbocycles. The summed E-state index contributed by atoms with van der Waals surface area (Å²) in [6.07, 6.45) is 0. The Bertz CT molecular complexity index is 1670. The molecule has 1 aromatic heterocycles. The zero-order valence-corrected chi connectivity index (χ0v) is 20.3. The number of para-hydroxylation sites is 1. The quantitative estimate of drug-likeness (QED) is 0.261. The maximum Gasteiger partial charge on any atom is 0.338 e. The van der Waals surface area contributed by atoms with Gasteiger partial charge < -0.3 is 9.30 Å². The third kappa shape index (κ3) is 3.76. The number of Topliss-reactive ketones (excluding diaryl/α,β-unsaturated/α-hetero) is 1. The lowest BCUT2D eigenvalue weighted by Crippen LogP contribution is -2.21. The zero-order chi connectivity index (χ0) is 25.6. The molecule has 3 aromatic carbocycles. The molecule has 0 fully saturated rings. The number of hydrogen-bond donors (Lipinski definition) is 0. The van der Waals surface area contributed by atoms with Crippen LogP contribution in [0.4, 0.5) is 0 Å². The molecule has 1 aliphatic rings. The highest BCUT2D eigenvalue weighted by Gasteiger charge is 2.35. The number of nitrogens with zero attached hydrogens (tertiary/aromatic N) is 1. The molecule has 0 amide bonds. The van der Waals surface area contributed by atoms with E-state index in [0.717, 1.165) is 23.1 Å². The highest BCUT2D eigenvalue weighted by molar-refractivity contribution is 7.91. The fraction of sp³-hybridized carbons (Fsp3) is 0.107. The third-order valence-electron chi connectivity index (χ3n) is 6.25. The summed E-state index contributed by atoms with van der Waals surface area (Å²) in [4.78, 5) is 38.0. The van der Waals surface area contributed by atoms with E-state index in [-0.39, 0.29) is 32.3 Å². The fourth-order valence-corrected chi connectivity index (χ4v) is 6.20. The molecule has 0 N–H and O–H groups in total. The number of benzene rings is 3. The minimum absolute atomic E-state index is 0.00493. The van der Waals surface area contributed by atoms with Gasteiger partial charge in [-0.25, -0.2) is 13.2 Å². The number of aromatic nitrogens is 1. The monoisotopic (exact) mass is 499 g/mol. The number of esters is 1. The zero-order valence-electron chi connectivity index (χ0n) is 19.5. The van der Waals surface area contributed by atoms with Gasteiger partial charge in [-0.1, -0.05) is 30.3 Å². The molecule has 0 spiro atoms. The molecule has 4 aromatic rings. The summed E-state index contributed by atoms with van der Waals surface area (Å²) in [5.41, 5.74) is 2.95. The summed E-state index contributed by atoms with van der Waals surface area (Å²) in [6.45, 7) is 3.19. The molecule has 1 aliphatic heterocycles. The number of hydrogen-bond acceptors (Lipinski definition) is 6. The minimum atomic E-state index is -4.00. The van der Waals surface area contributed by atoms with E-state index in [1.165, 1.54) is 30.3 Å². The van der Waals surface area contributed by atoms with Crippen molar-refractivity contribution in [3.05, 3.63) is 113 Å². The van der Waals surface area contributed by atoms with E-state index in [9.17, 15) is 22.8 Å². The molecule has 0 atom stereocenters. The van der Waals surface area contributed by atoms with Gasteiger partial charge in [0.2, 0.25) is 15.6 Å². The minimum Gasteiger partial charge on any atom is -0.454 e. The van der Waals surface area contributed by atoms with Gasteiger partial charge in [-0.05, 0) is 62.4 Å². The van der Waals surface area contributed by atoms with Crippen molar-refractivity contribution in [1.82, 2.24) is 4.57 Å². The van der Waals surface area contributed by atoms with Crippen LogP contribution in [0, 0.1) is 13.8 Å². The van der Waals surface area contributed by atoms with Crippen LogP contribution in [0.5, 0.6) is 0 Å². The number of ketones is 2. The molecular weight excluding hydrogens is 478 g/mol. The van der Waals surface area contributed by atoms with E-state index in [0.29, 0.717) is 5.56 Å². The van der Waals surface area contributed by atoms with E-state index in [1.807, 2.05) is 48.7 Å². The van der Waals surface area contributed by atoms with Gasteiger partial charge in [0.25, 0.3) is 0 Å². The number of carbonyl (C=O) groups is 3. The summed E-state index contributed by atoms with van der Waals surface area (Å²) in [7, 11) is -4.00. The van der Waals surface area contributed by atoms with E-state index in [2.05, 4.69) is 0 Å². The lowest BCUT2D eigenvalue weighted by Gasteiger charge is -2.19. The lowest BCUT2D eigenvalue weighted by molar-refractivity contribution is 0.0474. The van der Waals surface area contributed by atoms with Gasteiger partial charge in [0.05, 0.1) is 15.4 Å². The molecule has 0 bridgehead atoms. The summed E-state index contributed by atoms with van der Waals surface area (Å²) in [5, 5.41) is 0. The summed E-state index contributed by atoms with van der Waals surface area (Å²) in [6, 6.07) is 21.0. The number of carbonyl (C=O) groups excluding carboxylic acids is 3. The Hall–Kier alpha value is -4.30. The van der Waals surface area contributed by atoms with Crippen LogP contribution in [0.1, 0.15) is 48.0 Å². The normalized spacial score (nSPS) is 13.6. The predicted molar refractivity (Wildman–Crippen MR) is 132 cm³/mol. The van der Waals surface area contributed by atoms with Crippen LogP contribution >= 0.6 is 0 Å². The van der Waals surface area contributed by atoms with Gasteiger partial charge in [0.1, 0.15) is 0 Å². The van der Waals surface area contributed by atoms with E-state index in [1.54, 1.807) is 12.1 Å². The standard InChI is InChI=1S/C28H21NO6S/c1-17-14-23(18(2)29(17)20-8-4-3-5-9-20)24(30)16-35-28(32)19-12-13-22-26(15-19)36(33,34)25-11-7-6-10-21(25)27(22)31/h3-15H,16H2,1-2H3. The molecule has 8 heteroatoms. The Labute approximate surface area is 207 Å². The first-order valence-electron chi connectivity index (χ1n) is 11.2. The average Bonchev–Trinajstić information content (AvgIpc) is 3.19. The Morgan fingerprint density at radius 2 is 1.50 bits per heavy atom. The second kappa shape index (κ2) is 8.73. The molecule has 180 valence electrons. The Kier molecular flexibility index (Phi) is 5.68. The van der Waals surface area contributed by atoms with Gasteiger partial charge in [-0.3, -0.25) is 9.59 Å². The second-order valence-corrected chi connectivity index (χ2v) is 10.4. The molecule has 2 heterocycles. The summed E-state index contributed by atoms with van der Waals surface area (Å²) >= 11 is 0. The van der Waals surface area contributed by atoms with E-state index >= 15 is 0 Å². The Balaban J connectivity index is 1.37. The fourth-order valence-electron chi connectivity index (χ4n) is 4.52. The van der Waals surface area contributed by atoms with E-state index < -0.39 is 28.2 Å². The van der Waals surface area contributed by atoms with Gasteiger partial charge in [-0.15, -0.1) is 0 Å². The van der Waals surface area contributed by atoms with Crippen molar-refractivity contribution in [1.29, 1.82) is 0 Å². The van der Waals surface area contributed by atoms with Crippen LogP contribution in [0.25, 0.3) is 5.69 Å². The number of aryl methyl sites for hydroxylation is 1. The maximum atomic E-state index is 13.1. The van der Waals surface area contributed by atoms with Crippen molar-refractivity contribution < 1.29 is 27.5 Å².